The van der Waals surface area contributed by atoms with Crippen LogP contribution >= 0.6 is 0 Å². The van der Waals surface area contributed by atoms with Crippen molar-refractivity contribution < 1.29 is 28.2 Å². The van der Waals surface area contributed by atoms with Crippen LogP contribution in [0.2, 0.25) is 0 Å². The van der Waals surface area contributed by atoms with Crippen molar-refractivity contribution in [2.45, 2.75) is 0 Å². The second-order valence-electron chi connectivity index (χ2n) is 5.77. The fourth-order valence-electron chi connectivity index (χ4n) is 2.42. The van der Waals surface area contributed by atoms with E-state index in [1.54, 1.807) is 36.4 Å². The lowest BCUT2D eigenvalue weighted by Crippen LogP contribution is -2.07. The van der Waals surface area contributed by atoms with E-state index in [2.05, 4.69) is 13.2 Å². The van der Waals surface area contributed by atoms with Gasteiger partial charge in [0.2, 0.25) is 6.79 Å². The van der Waals surface area contributed by atoms with Crippen molar-refractivity contribution in [3.8, 4) is 34.1 Å². The van der Waals surface area contributed by atoms with Crippen LogP contribution in [-0.2, 0) is 14.3 Å². The molecule has 0 aliphatic rings. The summed E-state index contributed by atoms with van der Waals surface area (Å²) in [5, 5.41) is 0. The first-order chi connectivity index (χ1) is 14.1. The minimum atomic E-state index is -0.545. The normalized spacial score (nSPS) is 10.1. The third kappa shape index (κ3) is 5.23. The summed E-state index contributed by atoms with van der Waals surface area (Å²) in [6, 6.07) is 17.9. The van der Waals surface area contributed by atoms with Gasteiger partial charge in [-0.25, -0.2) is 9.59 Å². The van der Waals surface area contributed by atoms with Crippen molar-refractivity contribution in [2.24, 2.45) is 0 Å². The lowest BCUT2D eigenvalue weighted by molar-refractivity contribution is -0.144. The number of carbonyl (C=O) groups excluding carboxylic acids is 2. The number of ether oxygens (including phenoxy) is 3. The molecule has 6 nitrogen and oxygen atoms in total. The van der Waals surface area contributed by atoms with Gasteiger partial charge in [-0.05, 0) is 60.7 Å². The zero-order valence-electron chi connectivity index (χ0n) is 15.5. The average molecular weight is 390 g/mol. The van der Waals surface area contributed by atoms with Gasteiger partial charge in [0, 0.05) is 23.3 Å². The van der Waals surface area contributed by atoms with E-state index in [-0.39, 0.29) is 6.79 Å². The van der Waals surface area contributed by atoms with E-state index in [0.29, 0.717) is 23.0 Å². The van der Waals surface area contributed by atoms with E-state index in [1.165, 1.54) is 0 Å². The molecule has 0 saturated heterocycles. The van der Waals surface area contributed by atoms with Gasteiger partial charge < -0.3 is 18.6 Å². The molecule has 6 heteroatoms. The maximum Gasteiger partial charge on any atom is 0.335 e. The zero-order chi connectivity index (χ0) is 20.6. The van der Waals surface area contributed by atoms with Crippen LogP contribution in [0.1, 0.15) is 0 Å². The molecule has 2 aromatic carbocycles. The van der Waals surface area contributed by atoms with E-state index >= 15 is 0 Å². The van der Waals surface area contributed by atoms with Gasteiger partial charge >= 0.3 is 11.9 Å². The van der Waals surface area contributed by atoms with E-state index in [4.69, 9.17) is 18.6 Å². The molecule has 0 saturated carbocycles. The van der Waals surface area contributed by atoms with E-state index in [1.807, 2.05) is 24.3 Å². The molecular weight excluding hydrogens is 372 g/mol. The third-order valence-electron chi connectivity index (χ3n) is 3.86. The Balaban J connectivity index is 1.65. The molecule has 1 aromatic heterocycles. The number of benzene rings is 2. The molecule has 0 N–H and O–H groups in total. The number of hydrogen-bond acceptors (Lipinski definition) is 6. The molecule has 0 aliphatic heterocycles. The fourth-order valence-corrected chi connectivity index (χ4v) is 2.42. The van der Waals surface area contributed by atoms with Crippen molar-refractivity contribution in [3.05, 3.63) is 86.0 Å². The van der Waals surface area contributed by atoms with Crippen molar-refractivity contribution in [1.29, 1.82) is 0 Å². The Morgan fingerprint density at radius 1 is 0.759 bits per heavy atom. The summed E-state index contributed by atoms with van der Waals surface area (Å²) in [6.07, 6.45) is 2.18. The number of hydrogen-bond donors (Lipinski definition) is 0. The van der Waals surface area contributed by atoms with Crippen LogP contribution in [0.3, 0.4) is 0 Å². The van der Waals surface area contributed by atoms with Crippen LogP contribution in [0, 0.1) is 0 Å². The minimum absolute atomic E-state index is 0.187. The Bertz CT molecular complexity index is 1010. The average Bonchev–Trinajstić information content (AvgIpc) is 3.24. The molecule has 0 aliphatic carbocycles. The second-order valence-corrected chi connectivity index (χ2v) is 5.77. The molecule has 0 atom stereocenters. The largest absolute Gasteiger partial charge is 0.457 e. The van der Waals surface area contributed by atoms with Gasteiger partial charge in [0.25, 0.3) is 0 Å². The van der Waals surface area contributed by atoms with Crippen LogP contribution < -0.4 is 9.47 Å². The molecule has 0 spiro atoms. The Hall–Kier alpha value is -4.06. The van der Waals surface area contributed by atoms with Gasteiger partial charge in [-0.3, -0.25) is 0 Å². The summed E-state index contributed by atoms with van der Waals surface area (Å²) in [5.74, 6) is 1.30. The second kappa shape index (κ2) is 9.23. The first-order valence-corrected chi connectivity index (χ1v) is 8.66. The molecule has 0 radical (unpaired) electrons. The van der Waals surface area contributed by atoms with Gasteiger partial charge in [0.15, 0.2) is 0 Å². The maximum atomic E-state index is 11.2. The molecule has 1 heterocycles. The molecule has 0 bridgehead atoms. The number of rotatable bonds is 8. The third-order valence-corrected chi connectivity index (χ3v) is 3.86. The van der Waals surface area contributed by atoms with Crippen LogP contribution in [0.5, 0.6) is 11.5 Å². The summed E-state index contributed by atoms with van der Waals surface area (Å²) < 4.78 is 21.1. The Kier molecular flexibility index (Phi) is 6.27. The minimum Gasteiger partial charge on any atom is -0.457 e. The highest BCUT2D eigenvalue weighted by molar-refractivity contribution is 5.83. The van der Waals surface area contributed by atoms with Crippen LogP contribution in [-0.4, -0.2) is 18.7 Å². The smallest absolute Gasteiger partial charge is 0.335 e. The predicted molar refractivity (Wildman–Crippen MR) is 107 cm³/mol. The fraction of sp³-hybridized carbons (Fsp3) is 0.0435. The summed E-state index contributed by atoms with van der Waals surface area (Å²) in [4.78, 5) is 22.2. The van der Waals surface area contributed by atoms with Gasteiger partial charge in [-0.2, -0.15) is 0 Å². The topological polar surface area (TPSA) is 75.0 Å². The molecule has 146 valence electrons. The van der Waals surface area contributed by atoms with Crippen LogP contribution in [0.4, 0.5) is 0 Å². The summed E-state index contributed by atoms with van der Waals surface area (Å²) in [7, 11) is 0. The molecule has 0 fully saturated rings. The molecular formula is C23H18O6. The van der Waals surface area contributed by atoms with E-state index in [0.717, 1.165) is 23.3 Å². The molecule has 3 aromatic rings. The predicted octanol–water partition coefficient (Wildman–Crippen LogP) is 4.77. The molecule has 29 heavy (non-hydrogen) atoms. The Morgan fingerprint density at radius 2 is 1.28 bits per heavy atom. The quantitative estimate of drug-likeness (QED) is 0.239. The first kappa shape index (κ1) is 19.7. The number of esters is 2. The van der Waals surface area contributed by atoms with Crippen molar-refractivity contribution >= 4 is 11.9 Å². The van der Waals surface area contributed by atoms with Gasteiger partial charge in [0.1, 0.15) is 23.0 Å². The molecule has 0 amide bonds. The summed E-state index contributed by atoms with van der Waals surface area (Å²) in [5.41, 5.74) is 1.71. The SMILES string of the molecule is C=CC(=O)OCOc1ccc(-c2ccc(-c3ccc(OC(=O)C=C)cc3)o2)cc1. The summed E-state index contributed by atoms with van der Waals surface area (Å²) >= 11 is 0. The monoisotopic (exact) mass is 390 g/mol. The van der Waals surface area contributed by atoms with Gasteiger partial charge in [-0.1, -0.05) is 13.2 Å². The van der Waals surface area contributed by atoms with Crippen molar-refractivity contribution in [1.82, 2.24) is 0 Å². The van der Waals surface area contributed by atoms with Gasteiger partial charge in [-0.15, -0.1) is 0 Å². The first-order valence-electron chi connectivity index (χ1n) is 8.66. The maximum absolute atomic E-state index is 11.2. The molecule has 3 rings (SSSR count). The van der Waals surface area contributed by atoms with Crippen molar-refractivity contribution in [2.75, 3.05) is 6.79 Å². The summed E-state index contributed by atoms with van der Waals surface area (Å²) in [6.45, 7) is 6.49. The number of furan rings is 1. The Labute approximate surface area is 167 Å². The van der Waals surface area contributed by atoms with Crippen molar-refractivity contribution in [3.63, 3.8) is 0 Å². The van der Waals surface area contributed by atoms with Gasteiger partial charge in [0.05, 0.1) is 0 Å². The van der Waals surface area contributed by atoms with E-state index in [9.17, 15) is 9.59 Å². The molecule has 0 unspecified atom stereocenters. The standard InChI is InChI=1S/C23H18O6/c1-3-22(24)27-15-26-18-9-5-16(6-10-18)20-13-14-21(29-20)17-7-11-19(12-8-17)28-23(25)4-2/h3-14H,1-2,15H2. The zero-order valence-corrected chi connectivity index (χ0v) is 15.5. The van der Waals surface area contributed by atoms with Crippen LogP contribution in [0.25, 0.3) is 22.6 Å². The highest BCUT2D eigenvalue weighted by atomic mass is 16.7. The number of carbonyl (C=O) groups is 2. The lowest BCUT2D eigenvalue weighted by Gasteiger charge is -2.06. The highest BCUT2D eigenvalue weighted by Crippen LogP contribution is 2.30. The lowest BCUT2D eigenvalue weighted by atomic mass is 10.1. The van der Waals surface area contributed by atoms with E-state index < -0.39 is 11.9 Å². The Morgan fingerprint density at radius 3 is 1.79 bits per heavy atom. The highest BCUT2D eigenvalue weighted by Gasteiger charge is 2.08. The van der Waals surface area contributed by atoms with Crippen LogP contribution in [0.15, 0.2) is 90.4 Å².